The van der Waals surface area contributed by atoms with Crippen LogP contribution >= 0.6 is 0 Å². The molecule has 0 N–H and O–H groups in total. The minimum absolute atomic E-state index is 0.00756. The molecular weight excluding hydrogens is 362 g/mol. The number of carbonyl (C=O) groups is 1. The van der Waals surface area contributed by atoms with Crippen molar-refractivity contribution in [3.63, 3.8) is 0 Å². The van der Waals surface area contributed by atoms with Crippen LogP contribution in [0.1, 0.15) is 64.4 Å². The zero-order valence-corrected chi connectivity index (χ0v) is 17.9. The van der Waals surface area contributed by atoms with Gasteiger partial charge in [0.05, 0.1) is 19.9 Å². The van der Waals surface area contributed by atoms with Crippen LogP contribution in [0.2, 0.25) is 0 Å². The molecule has 0 bridgehead atoms. The summed E-state index contributed by atoms with van der Waals surface area (Å²) in [6, 6.07) is 2.14. The van der Waals surface area contributed by atoms with Crippen molar-refractivity contribution in [1.29, 1.82) is 0 Å². The van der Waals surface area contributed by atoms with Crippen LogP contribution in [0.5, 0.6) is 5.75 Å². The van der Waals surface area contributed by atoms with Gasteiger partial charge in [-0.3, -0.25) is 9.78 Å². The molecule has 6 atom stereocenters. The van der Waals surface area contributed by atoms with E-state index in [2.05, 4.69) is 31.0 Å². The van der Waals surface area contributed by atoms with Crippen molar-refractivity contribution in [2.24, 2.45) is 34.5 Å². The molecule has 2 heterocycles. The van der Waals surface area contributed by atoms with Gasteiger partial charge < -0.3 is 9.47 Å². The van der Waals surface area contributed by atoms with Crippen LogP contribution in [0.15, 0.2) is 24.5 Å². The van der Waals surface area contributed by atoms with Crippen LogP contribution in [-0.2, 0) is 9.53 Å². The summed E-state index contributed by atoms with van der Waals surface area (Å²) in [5.74, 6) is 3.53. The van der Waals surface area contributed by atoms with Crippen molar-refractivity contribution < 1.29 is 14.3 Å². The van der Waals surface area contributed by atoms with Gasteiger partial charge in [0.25, 0.3) is 0 Å². The molecule has 2 saturated carbocycles. The van der Waals surface area contributed by atoms with Crippen LogP contribution in [0, 0.1) is 34.5 Å². The fourth-order valence-electron chi connectivity index (χ4n) is 7.53. The summed E-state index contributed by atoms with van der Waals surface area (Å²) in [7, 11) is 1.71. The van der Waals surface area contributed by atoms with Gasteiger partial charge in [-0.2, -0.15) is 0 Å². The molecule has 6 unspecified atom stereocenters. The second-order valence-electron chi connectivity index (χ2n) is 10.3. The summed E-state index contributed by atoms with van der Waals surface area (Å²) in [6.07, 6.45) is 14.0. The zero-order valence-electron chi connectivity index (χ0n) is 17.9. The highest BCUT2D eigenvalue weighted by atomic mass is 16.5. The molecule has 3 aliphatic carbocycles. The highest BCUT2D eigenvalue weighted by molar-refractivity contribution is 5.73. The summed E-state index contributed by atoms with van der Waals surface area (Å²) >= 11 is 0. The second-order valence-corrected chi connectivity index (χ2v) is 10.3. The fraction of sp³-hybridized carbons (Fsp3) is 0.680. The average molecular weight is 396 g/mol. The van der Waals surface area contributed by atoms with Gasteiger partial charge in [-0.25, -0.2) is 0 Å². The molecule has 4 aliphatic rings. The highest BCUT2D eigenvalue weighted by Crippen LogP contribution is 2.66. The van der Waals surface area contributed by atoms with Crippen molar-refractivity contribution >= 4 is 11.5 Å². The molecule has 4 nitrogen and oxygen atoms in total. The van der Waals surface area contributed by atoms with Crippen molar-refractivity contribution in [2.75, 3.05) is 13.7 Å². The van der Waals surface area contributed by atoms with Crippen LogP contribution in [0.4, 0.5) is 0 Å². The van der Waals surface area contributed by atoms with Crippen LogP contribution in [0.3, 0.4) is 0 Å². The van der Waals surface area contributed by atoms with Crippen LogP contribution < -0.4 is 4.74 Å². The van der Waals surface area contributed by atoms with Gasteiger partial charge in [0, 0.05) is 12.6 Å². The Balaban J connectivity index is 1.44. The normalized spacial score (nSPS) is 41.3. The van der Waals surface area contributed by atoms with E-state index in [0.29, 0.717) is 30.8 Å². The van der Waals surface area contributed by atoms with E-state index in [-0.39, 0.29) is 16.8 Å². The number of rotatable bonds is 2. The lowest BCUT2D eigenvalue weighted by atomic mass is 9.46. The Morgan fingerprint density at radius 3 is 2.83 bits per heavy atom. The molecule has 5 rings (SSSR count). The monoisotopic (exact) mass is 395 g/mol. The molecule has 3 fully saturated rings. The quantitative estimate of drug-likeness (QED) is 0.639. The van der Waals surface area contributed by atoms with E-state index in [9.17, 15) is 4.79 Å². The predicted molar refractivity (Wildman–Crippen MR) is 112 cm³/mol. The van der Waals surface area contributed by atoms with E-state index in [4.69, 9.17) is 9.47 Å². The summed E-state index contributed by atoms with van der Waals surface area (Å²) in [4.78, 5) is 16.4. The van der Waals surface area contributed by atoms with Crippen LogP contribution in [0.25, 0.3) is 5.57 Å². The van der Waals surface area contributed by atoms with E-state index in [1.807, 2.05) is 6.20 Å². The third-order valence-corrected chi connectivity index (χ3v) is 9.22. The molecule has 0 aromatic carbocycles. The Labute approximate surface area is 174 Å². The smallest absolute Gasteiger partial charge is 0.305 e. The number of carbonyl (C=O) groups excluding carboxylic acids is 1. The number of hydrogen-bond acceptors (Lipinski definition) is 4. The fourth-order valence-corrected chi connectivity index (χ4v) is 7.53. The van der Waals surface area contributed by atoms with E-state index in [1.54, 1.807) is 13.3 Å². The van der Waals surface area contributed by atoms with Gasteiger partial charge in [0.2, 0.25) is 0 Å². The first-order valence-corrected chi connectivity index (χ1v) is 11.3. The number of nitrogens with zero attached hydrogens (tertiary/aromatic N) is 1. The Kier molecular flexibility index (Phi) is 4.52. The third-order valence-electron chi connectivity index (χ3n) is 9.22. The number of cyclic esters (lactones) is 1. The lowest BCUT2D eigenvalue weighted by Crippen LogP contribution is -2.51. The Morgan fingerprint density at radius 2 is 2.00 bits per heavy atom. The van der Waals surface area contributed by atoms with E-state index in [0.717, 1.165) is 18.1 Å². The molecule has 0 amide bonds. The minimum Gasteiger partial charge on any atom is -0.495 e. The van der Waals surface area contributed by atoms with Gasteiger partial charge in [-0.05, 0) is 90.2 Å². The van der Waals surface area contributed by atoms with Crippen molar-refractivity contribution in [3.05, 3.63) is 30.1 Å². The van der Waals surface area contributed by atoms with Crippen molar-refractivity contribution in [2.45, 2.75) is 58.8 Å². The number of ether oxygens (including phenoxy) is 2. The van der Waals surface area contributed by atoms with Gasteiger partial charge in [0.15, 0.2) is 0 Å². The number of esters is 1. The molecule has 0 radical (unpaired) electrons. The molecule has 1 aromatic rings. The van der Waals surface area contributed by atoms with Crippen molar-refractivity contribution in [3.8, 4) is 5.75 Å². The van der Waals surface area contributed by atoms with Crippen LogP contribution in [-0.4, -0.2) is 24.7 Å². The van der Waals surface area contributed by atoms with Gasteiger partial charge >= 0.3 is 5.97 Å². The zero-order chi connectivity index (χ0) is 20.2. The van der Waals surface area contributed by atoms with Gasteiger partial charge in [-0.1, -0.05) is 19.9 Å². The molecular formula is C25H33NO3. The molecule has 4 heteroatoms. The maximum atomic E-state index is 12.0. The maximum Gasteiger partial charge on any atom is 0.305 e. The van der Waals surface area contributed by atoms with E-state index >= 15 is 0 Å². The summed E-state index contributed by atoms with van der Waals surface area (Å²) < 4.78 is 11.0. The SMILES string of the molecule is COc1cncc(C2=CCC3C4CCC5COC(=O)CCC5(C)C4CCC23C)c1. The first kappa shape index (κ1) is 19.1. The standard InChI is InChI=1S/C25H33NO3/c1-24-11-9-23(27)29-15-17(24)4-5-19-21-7-6-20(25(21,2)10-8-22(19)24)16-12-18(28-3)14-26-13-16/h6,12-14,17,19,21-22H,4-5,7-11,15H2,1-3H3. The van der Waals surface area contributed by atoms with E-state index < -0.39 is 0 Å². The number of pyridine rings is 1. The molecule has 1 aromatic heterocycles. The average Bonchev–Trinajstić information content (AvgIpc) is 3.01. The minimum atomic E-state index is 0.00756. The second kappa shape index (κ2) is 6.85. The largest absolute Gasteiger partial charge is 0.495 e. The Morgan fingerprint density at radius 1 is 1.14 bits per heavy atom. The number of fused-ring (bicyclic) bond motifs is 5. The number of allylic oxidation sites excluding steroid dienone is 2. The topological polar surface area (TPSA) is 48.4 Å². The number of hydrogen-bond donors (Lipinski definition) is 0. The summed E-state index contributed by atoms with van der Waals surface area (Å²) in [5, 5.41) is 0. The first-order valence-electron chi connectivity index (χ1n) is 11.3. The maximum absolute atomic E-state index is 12.0. The summed E-state index contributed by atoms with van der Waals surface area (Å²) in [5.41, 5.74) is 3.16. The van der Waals surface area contributed by atoms with Gasteiger partial charge in [-0.15, -0.1) is 0 Å². The van der Waals surface area contributed by atoms with Gasteiger partial charge in [0.1, 0.15) is 5.75 Å². The molecule has 29 heavy (non-hydrogen) atoms. The molecule has 0 spiro atoms. The molecule has 1 saturated heterocycles. The lowest BCUT2D eigenvalue weighted by molar-refractivity contribution is -0.144. The number of methoxy groups -OCH3 is 1. The number of aromatic nitrogens is 1. The lowest BCUT2D eigenvalue weighted by Gasteiger charge is -2.58. The Hall–Kier alpha value is -1.84. The molecule has 1 aliphatic heterocycles. The molecule has 156 valence electrons. The van der Waals surface area contributed by atoms with Crippen molar-refractivity contribution in [1.82, 2.24) is 4.98 Å². The Bertz CT molecular complexity index is 848. The highest BCUT2D eigenvalue weighted by Gasteiger charge is 2.58. The first-order chi connectivity index (χ1) is 14.0. The third kappa shape index (κ3) is 2.85. The van der Waals surface area contributed by atoms with E-state index in [1.165, 1.54) is 43.2 Å². The predicted octanol–water partition coefficient (Wildman–Crippen LogP) is 5.28. The summed E-state index contributed by atoms with van der Waals surface area (Å²) in [6.45, 7) is 5.59.